The third-order valence-electron chi connectivity index (χ3n) is 6.92. The minimum Gasteiger partial charge on any atom is -0.493 e. The van der Waals surface area contributed by atoms with Gasteiger partial charge in [-0.1, -0.05) is 71.9 Å². The molecule has 1 heterocycles. The molecule has 0 spiro atoms. The Morgan fingerprint density at radius 1 is 0.878 bits per heavy atom. The molecule has 41 heavy (non-hydrogen) atoms. The van der Waals surface area contributed by atoms with E-state index < -0.39 is 6.04 Å². The van der Waals surface area contributed by atoms with Gasteiger partial charge in [-0.05, 0) is 47.9 Å². The number of rotatable bonds is 10. The molecule has 0 aliphatic heterocycles. The van der Waals surface area contributed by atoms with Crippen LogP contribution in [0.15, 0.2) is 97.1 Å². The lowest BCUT2D eigenvalue weighted by Crippen LogP contribution is -2.45. The first-order chi connectivity index (χ1) is 20.0. The number of anilines is 1. The fourth-order valence-corrected chi connectivity index (χ4v) is 4.82. The Bertz CT molecular complexity index is 1670. The fraction of sp³-hybridized carbons (Fsp3) is 0.188. The third kappa shape index (κ3) is 5.89. The first kappa shape index (κ1) is 27.4. The number of para-hydroxylation sites is 1. The van der Waals surface area contributed by atoms with E-state index in [2.05, 4.69) is 15.6 Å². The van der Waals surface area contributed by atoms with Gasteiger partial charge in [-0.2, -0.15) is 0 Å². The lowest BCUT2D eigenvalue weighted by atomic mass is 9.98. The number of nitrogens with one attached hydrogen (secondary N) is 1. The summed E-state index contributed by atoms with van der Waals surface area (Å²) in [5, 5.41) is 11.5. The minimum absolute atomic E-state index is 0.136. The smallest absolute Gasteiger partial charge is 0.249 e. The van der Waals surface area contributed by atoms with Crippen LogP contribution in [0.3, 0.4) is 0 Å². The largest absolute Gasteiger partial charge is 0.493 e. The first-order valence-corrected chi connectivity index (χ1v) is 13.2. The molecule has 0 radical (unpaired) electrons. The third-order valence-corrected chi connectivity index (χ3v) is 6.92. The van der Waals surface area contributed by atoms with Crippen molar-refractivity contribution >= 4 is 28.5 Å². The summed E-state index contributed by atoms with van der Waals surface area (Å²) >= 11 is 0. The predicted molar refractivity (Wildman–Crippen MR) is 157 cm³/mol. The zero-order chi connectivity index (χ0) is 28.8. The summed E-state index contributed by atoms with van der Waals surface area (Å²) < 4.78 is 12.5. The van der Waals surface area contributed by atoms with Crippen LogP contribution in [0.1, 0.15) is 22.7 Å². The maximum absolute atomic E-state index is 14.3. The number of carbonyl (C=O) groups excluding carboxylic acids is 2. The van der Waals surface area contributed by atoms with Crippen molar-refractivity contribution in [2.75, 3.05) is 19.1 Å². The molecule has 4 aromatic carbocycles. The van der Waals surface area contributed by atoms with Gasteiger partial charge < -0.3 is 14.8 Å². The van der Waals surface area contributed by atoms with Gasteiger partial charge in [-0.25, -0.2) is 4.68 Å². The standard InChI is InChI=1S/C32H31N5O4/c1-22-11-7-8-14-25(22)31(32(39)33-20-23-12-5-4-6-13-23)37(24-17-18-28(40-2)29(19-24)41-3)30(38)21-36-27-16-10-9-15-26(27)34-35-36/h4-19,31H,20-21H2,1-3H3,(H,33,39). The van der Waals surface area contributed by atoms with E-state index >= 15 is 0 Å². The molecule has 0 fully saturated rings. The number of benzene rings is 4. The van der Waals surface area contributed by atoms with E-state index in [1.807, 2.05) is 85.8 Å². The first-order valence-electron chi connectivity index (χ1n) is 13.2. The zero-order valence-electron chi connectivity index (χ0n) is 23.2. The van der Waals surface area contributed by atoms with Gasteiger partial charge in [-0.3, -0.25) is 14.5 Å². The van der Waals surface area contributed by atoms with Gasteiger partial charge in [-0.15, -0.1) is 5.10 Å². The topological polar surface area (TPSA) is 98.6 Å². The maximum Gasteiger partial charge on any atom is 0.249 e. The molecule has 2 amide bonds. The van der Waals surface area contributed by atoms with Crippen LogP contribution in [0.2, 0.25) is 0 Å². The SMILES string of the molecule is COc1ccc(N(C(=O)Cn2nnc3ccccc32)C(C(=O)NCc2ccccc2)c2ccccc2C)cc1OC. The van der Waals surface area contributed by atoms with E-state index in [0.717, 1.165) is 11.1 Å². The molecule has 0 aliphatic carbocycles. The molecule has 1 atom stereocenters. The van der Waals surface area contributed by atoms with Gasteiger partial charge in [0.2, 0.25) is 11.8 Å². The average molecular weight is 550 g/mol. The van der Waals surface area contributed by atoms with Gasteiger partial charge in [0.15, 0.2) is 11.5 Å². The number of nitrogens with zero attached hydrogens (tertiary/aromatic N) is 4. The van der Waals surface area contributed by atoms with Crippen LogP contribution in [0.25, 0.3) is 11.0 Å². The molecular weight excluding hydrogens is 518 g/mol. The second-order valence-electron chi connectivity index (χ2n) is 9.50. The highest BCUT2D eigenvalue weighted by Gasteiger charge is 2.34. The maximum atomic E-state index is 14.3. The molecule has 0 aliphatic rings. The number of hydrogen-bond acceptors (Lipinski definition) is 6. The molecule has 0 saturated carbocycles. The van der Waals surface area contributed by atoms with Crippen LogP contribution >= 0.6 is 0 Å². The number of fused-ring (bicyclic) bond motifs is 1. The molecule has 1 N–H and O–H groups in total. The average Bonchev–Trinajstić information content (AvgIpc) is 3.41. The molecule has 9 nitrogen and oxygen atoms in total. The summed E-state index contributed by atoms with van der Waals surface area (Å²) in [5.41, 5.74) is 4.38. The number of amides is 2. The Labute approximate surface area is 238 Å². The Balaban J connectivity index is 1.61. The molecule has 5 rings (SSSR count). The van der Waals surface area contributed by atoms with Gasteiger partial charge >= 0.3 is 0 Å². The lowest BCUT2D eigenvalue weighted by Gasteiger charge is -2.32. The molecule has 1 aromatic heterocycles. The van der Waals surface area contributed by atoms with Crippen molar-refractivity contribution < 1.29 is 19.1 Å². The molecular formula is C32H31N5O4. The summed E-state index contributed by atoms with van der Waals surface area (Å²) in [4.78, 5) is 29.9. The number of aromatic nitrogens is 3. The summed E-state index contributed by atoms with van der Waals surface area (Å²) in [7, 11) is 3.07. The van der Waals surface area contributed by atoms with Crippen LogP contribution in [0.5, 0.6) is 11.5 Å². The number of methoxy groups -OCH3 is 2. The van der Waals surface area contributed by atoms with E-state index in [1.165, 1.54) is 12.0 Å². The van der Waals surface area contributed by atoms with Crippen LogP contribution < -0.4 is 19.7 Å². The van der Waals surface area contributed by atoms with Crippen molar-refractivity contribution in [2.24, 2.45) is 0 Å². The van der Waals surface area contributed by atoms with Crippen molar-refractivity contribution in [1.29, 1.82) is 0 Å². The van der Waals surface area contributed by atoms with Crippen molar-refractivity contribution in [3.05, 3.63) is 114 Å². The van der Waals surface area contributed by atoms with Crippen LogP contribution in [0, 0.1) is 6.92 Å². The van der Waals surface area contributed by atoms with E-state index in [4.69, 9.17) is 9.47 Å². The van der Waals surface area contributed by atoms with E-state index in [-0.39, 0.29) is 18.4 Å². The predicted octanol–water partition coefficient (Wildman–Crippen LogP) is 4.85. The highest BCUT2D eigenvalue weighted by atomic mass is 16.5. The molecule has 1 unspecified atom stereocenters. The zero-order valence-corrected chi connectivity index (χ0v) is 23.2. The number of ether oxygens (including phenoxy) is 2. The van der Waals surface area contributed by atoms with Crippen LogP contribution in [-0.4, -0.2) is 41.0 Å². The van der Waals surface area contributed by atoms with Gasteiger partial charge in [0.25, 0.3) is 0 Å². The van der Waals surface area contributed by atoms with Crippen molar-refractivity contribution in [1.82, 2.24) is 20.3 Å². The second-order valence-corrected chi connectivity index (χ2v) is 9.50. The summed E-state index contributed by atoms with van der Waals surface area (Å²) in [6, 6.07) is 28.8. The molecule has 5 aromatic rings. The van der Waals surface area contributed by atoms with E-state index in [9.17, 15) is 9.59 Å². The van der Waals surface area contributed by atoms with Crippen molar-refractivity contribution in [3.63, 3.8) is 0 Å². The Morgan fingerprint density at radius 3 is 2.34 bits per heavy atom. The van der Waals surface area contributed by atoms with Crippen LogP contribution in [-0.2, 0) is 22.7 Å². The normalized spacial score (nSPS) is 11.6. The Morgan fingerprint density at radius 2 is 1.59 bits per heavy atom. The number of aryl methyl sites for hydroxylation is 1. The van der Waals surface area contributed by atoms with E-state index in [1.54, 1.807) is 30.0 Å². The van der Waals surface area contributed by atoms with Gasteiger partial charge in [0, 0.05) is 18.3 Å². The Kier molecular flexibility index (Phi) is 8.24. The lowest BCUT2D eigenvalue weighted by molar-refractivity contribution is -0.127. The molecule has 208 valence electrons. The summed E-state index contributed by atoms with van der Waals surface area (Å²) in [6.07, 6.45) is 0. The fourth-order valence-electron chi connectivity index (χ4n) is 4.82. The monoisotopic (exact) mass is 549 g/mol. The number of carbonyl (C=O) groups is 2. The molecule has 9 heteroatoms. The van der Waals surface area contributed by atoms with Crippen molar-refractivity contribution in [3.8, 4) is 11.5 Å². The van der Waals surface area contributed by atoms with Gasteiger partial charge in [0.05, 0.1) is 19.7 Å². The Hall–Kier alpha value is -5.18. The van der Waals surface area contributed by atoms with Crippen molar-refractivity contribution in [2.45, 2.75) is 26.1 Å². The van der Waals surface area contributed by atoms with Crippen LogP contribution in [0.4, 0.5) is 5.69 Å². The highest BCUT2D eigenvalue weighted by molar-refractivity contribution is 6.02. The quantitative estimate of drug-likeness (QED) is 0.268. The summed E-state index contributed by atoms with van der Waals surface area (Å²) in [5.74, 6) is 0.264. The van der Waals surface area contributed by atoms with E-state index in [0.29, 0.717) is 40.3 Å². The van der Waals surface area contributed by atoms with Gasteiger partial charge in [0.1, 0.15) is 18.1 Å². The minimum atomic E-state index is -0.986. The number of hydrogen-bond donors (Lipinski definition) is 1. The molecule has 0 saturated heterocycles. The second kappa shape index (κ2) is 12.3. The molecule has 0 bridgehead atoms. The summed E-state index contributed by atoms with van der Waals surface area (Å²) in [6.45, 7) is 2.10. The highest BCUT2D eigenvalue weighted by Crippen LogP contribution is 2.36.